The van der Waals surface area contributed by atoms with Gasteiger partial charge in [-0.25, -0.2) is 9.98 Å². The lowest BCUT2D eigenvalue weighted by Crippen LogP contribution is -2.39. The zero-order valence-corrected chi connectivity index (χ0v) is 13.8. The summed E-state index contributed by atoms with van der Waals surface area (Å²) in [4.78, 5) is 10.1. The first-order chi connectivity index (χ1) is 10.8. The van der Waals surface area contributed by atoms with E-state index in [4.69, 9.17) is 4.74 Å². The molecule has 0 spiro atoms. The molecule has 1 aromatic carbocycles. The summed E-state index contributed by atoms with van der Waals surface area (Å²) in [5, 5.41) is 7.50. The van der Waals surface area contributed by atoms with Gasteiger partial charge in [-0.2, -0.15) is 0 Å². The fourth-order valence-corrected chi connectivity index (χ4v) is 2.53. The van der Waals surface area contributed by atoms with Gasteiger partial charge in [-0.15, -0.1) is 11.3 Å². The molecular weight excluding hydrogens is 296 g/mol. The molecule has 118 valence electrons. The largest absolute Gasteiger partial charge is 0.492 e. The first kappa shape index (κ1) is 16.3. The number of hydrogen-bond donors (Lipinski definition) is 2. The van der Waals surface area contributed by atoms with E-state index in [1.165, 1.54) is 4.88 Å². The highest BCUT2D eigenvalue weighted by atomic mass is 32.1. The van der Waals surface area contributed by atoms with Crippen molar-refractivity contribution in [3.63, 3.8) is 0 Å². The molecule has 0 saturated carbocycles. The molecule has 0 aliphatic rings. The SMILES string of the molecule is CCNC(=NCc1ncc(C)s1)NCCOc1ccccc1. The monoisotopic (exact) mass is 318 g/mol. The Labute approximate surface area is 135 Å². The minimum absolute atomic E-state index is 0.588. The number of aromatic nitrogens is 1. The molecule has 1 aromatic heterocycles. The van der Waals surface area contributed by atoms with Gasteiger partial charge < -0.3 is 15.4 Å². The van der Waals surface area contributed by atoms with Crippen LogP contribution in [0.25, 0.3) is 0 Å². The van der Waals surface area contributed by atoms with Crippen molar-refractivity contribution < 1.29 is 4.74 Å². The van der Waals surface area contributed by atoms with Crippen molar-refractivity contribution in [3.8, 4) is 5.75 Å². The van der Waals surface area contributed by atoms with Crippen LogP contribution in [0, 0.1) is 6.92 Å². The van der Waals surface area contributed by atoms with Gasteiger partial charge in [0.05, 0.1) is 13.1 Å². The maximum Gasteiger partial charge on any atom is 0.191 e. The summed E-state index contributed by atoms with van der Waals surface area (Å²) in [6, 6.07) is 9.80. The molecule has 2 aromatic rings. The van der Waals surface area contributed by atoms with Crippen molar-refractivity contribution in [2.24, 2.45) is 4.99 Å². The number of ether oxygens (including phenoxy) is 1. The summed E-state index contributed by atoms with van der Waals surface area (Å²) in [5.74, 6) is 1.66. The van der Waals surface area contributed by atoms with Crippen LogP contribution in [0.15, 0.2) is 41.5 Å². The van der Waals surface area contributed by atoms with Crippen LogP contribution < -0.4 is 15.4 Å². The van der Waals surface area contributed by atoms with Crippen molar-refractivity contribution in [1.29, 1.82) is 0 Å². The number of aliphatic imine (C=N–C) groups is 1. The van der Waals surface area contributed by atoms with Crippen LogP contribution >= 0.6 is 11.3 Å². The standard InChI is InChI=1S/C16H22N4OS/c1-3-17-16(20-12-15-19-11-13(2)22-15)18-9-10-21-14-7-5-4-6-8-14/h4-8,11H,3,9-10,12H2,1-2H3,(H2,17,18,20). The Balaban J connectivity index is 1.76. The van der Waals surface area contributed by atoms with Crippen molar-refractivity contribution in [2.75, 3.05) is 19.7 Å². The van der Waals surface area contributed by atoms with E-state index in [-0.39, 0.29) is 0 Å². The van der Waals surface area contributed by atoms with Crippen molar-refractivity contribution >= 4 is 17.3 Å². The van der Waals surface area contributed by atoms with Gasteiger partial charge in [-0.05, 0) is 26.0 Å². The second-order valence-electron chi connectivity index (χ2n) is 4.65. The maximum atomic E-state index is 5.65. The molecule has 0 bridgehead atoms. The Morgan fingerprint density at radius 1 is 1.27 bits per heavy atom. The summed E-state index contributed by atoms with van der Waals surface area (Å²) in [5.41, 5.74) is 0. The molecule has 0 saturated heterocycles. The van der Waals surface area contributed by atoms with Gasteiger partial charge in [0.15, 0.2) is 5.96 Å². The molecule has 2 N–H and O–H groups in total. The van der Waals surface area contributed by atoms with E-state index in [2.05, 4.69) is 27.5 Å². The molecule has 2 rings (SSSR count). The summed E-state index contributed by atoms with van der Waals surface area (Å²) in [6.45, 7) is 6.79. The van der Waals surface area contributed by atoms with E-state index in [1.54, 1.807) is 11.3 Å². The number of aryl methyl sites for hydroxylation is 1. The minimum Gasteiger partial charge on any atom is -0.492 e. The molecule has 6 heteroatoms. The highest BCUT2D eigenvalue weighted by molar-refractivity contribution is 7.11. The zero-order chi connectivity index (χ0) is 15.6. The fourth-order valence-electron chi connectivity index (χ4n) is 1.82. The lowest BCUT2D eigenvalue weighted by atomic mass is 10.3. The second-order valence-corrected chi connectivity index (χ2v) is 5.97. The molecule has 5 nitrogen and oxygen atoms in total. The molecule has 1 heterocycles. The van der Waals surface area contributed by atoms with Crippen LogP contribution in [-0.2, 0) is 6.54 Å². The van der Waals surface area contributed by atoms with E-state index >= 15 is 0 Å². The Hall–Kier alpha value is -2.08. The van der Waals surface area contributed by atoms with Crippen LogP contribution in [0.2, 0.25) is 0 Å². The third-order valence-electron chi connectivity index (χ3n) is 2.79. The summed E-state index contributed by atoms with van der Waals surface area (Å²) in [6.07, 6.45) is 1.88. The third-order valence-corrected chi connectivity index (χ3v) is 3.69. The predicted molar refractivity (Wildman–Crippen MR) is 91.6 cm³/mol. The highest BCUT2D eigenvalue weighted by Gasteiger charge is 2.00. The predicted octanol–water partition coefficient (Wildman–Crippen LogP) is 2.59. The second kappa shape index (κ2) is 9.04. The maximum absolute atomic E-state index is 5.65. The number of hydrogen-bond acceptors (Lipinski definition) is 4. The van der Waals surface area contributed by atoms with Crippen LogP contribution in [0.5, 0.6) is 5.75 Å². The molecule has 0 unspecified atom stereocenters. The topological polar surface area (TPSA) is 58.5 Å². The summed E-state index contributed by atoms with van der Waals surface area (Å²) < 4.78 is 5.65. The number of rotatable bonds is 7. The third kappa shape index (κ3) is 5.73. The van der Waals surface area contributed by atoms with Gasteiger partial charge in [0.25, 0.3) is 0 Å². The molecule has 0 aliphatic heterocycles. The number of nitrogens with one attached hydrogen (secondary N) is 2. The Bertz CT molecular complexity index is 583. The van der Waals surface area contributed by atoms with Gasteiger partial charge in [-0.3, -0.25) is 0 Å². The number of nitrogens with zero attached hydrogens (tertiary/aromatic N) is 2. The smallest absolute Gasteiger partial charge is 0.191 e. The van der Waals surface area contributed by atoms with Gasteiger partial charge in [0.1, 0.15) is 17.4 Å². The Morgan fingerprint density at radius 2 is 2.09 bits per heavy atom. The number of benzene rings is 1. The van der Waals surface area contributed by atoms with E-state index in [1.807, 2.05) is 43.5 Å². The van der Waals surface area contributed by atoms with Crippen LogP contribution in [0.4, 0.5) is 0 Å². The summed E-state index contributed by atoms with van der Waals surface area (Å²) in [7, 11) is 0. The first-order valence-corrected chi connectivity index (χ1v) is 8.21. The van der Waals surface area contributed by atoms with E-state index in [9.17, 15) is 0 Å². The fraction of sp³-hybridized carbons (Fsp3) is 0.375. The van der Waals surface area contributed by atoms with Crippen molar-refractivity contribution in [3.05, 3.63) is 46.4 Å². The average molecular weight is 318 g/mol. The van der Waals surface area contributed by atoms with Crippen LogP contribution in [0.1, 0.15) is 16.8 Å². The Morgan fingerprint density at radius 3 is 2.77 bits per heavy atom. The van der Waals surface area contributed by atoms with Crippen molar-refractivity contribution in [1.82, 2.24) is 15.6 Å². The number of guanidine groups is 1. The lowest BCUT2D eigenvalue weighted by molar-refractivity contribution is 0.322. The lowest BCUT2D eigenvalue weighted by Gasteiger charge is -2.11. The molecule has 0 radical (unpaired) electrons. The van der Waals surface area contributed by atoms with Gasteiger partial charge in [-0.1, -0.05) is 18.2 Å². The van der Waals surface area contributed by atoms with E-state index < -0.39 is 0 Å². The average Bonchev–Trinajstić information content (AvgIpc) is 2.95. The first-order valence-electron chi connectivity index (χ1n) is 7.39. The molecule has 0 aliphatic carbocycles. The number of para-hydroxylation sites is 1. The number of thiazole rings is 1. The van der Waals surface area contributed by atoms with Crippen LogP contribution in [-0.4, -0.2) is 30.6 Å². The van der Waals surface area contributed by atoms with Gasteiger partial charge >= 0.3 is 0 Å². The molecule has 0 atom stereocenters. The molecule has 0 amide bonds. The molecule has 22 heavy (non-hydrogen) atoms. The van der Waals surface area contributed by atoms with E-state index in [0.29, 0.717) is 19.7 Å². The van der Waals surface area contributed by atoms with Gasteiger partial charge in [0.2, 0.25) is 0 Å². The van der Waals surface area contributed by atoms with E-state index in [0.717, 1.165) is 23.3 Å². The highest BCUT2D eigenvalue weighted by Crippen LogP contribution is 2.11. The zero-order valence-electron chi connectivity index (χ0n) is 13.0. The normalized spacial score (nSPS) is 11.3. The van der Waals surface area contributed by atoms with Crippen molar-refractivity contribution in [2.45, 2.75) is 20.4 Å². The van der Waals surface area contributed by atoms with Crippen LogP contribution in [0.3, 0.4) is 0 Å². The molecule has 0 fully saturated rings. The summed E-state index contributed by atoms with van der Waals surface area (Å²) >= 11 is 1.67. The van der Waals surface area contributed by atoms with Gasteiger partial charge in [0, 0.05) is 17.6 Å². The quantitative estimate of drug-likeness (QED) is 0.468. The minimum atomic E-state index is 0.588. The molecular formula is C16H22N4OS. The Kier molecular flexibility index (Phi) is 6.70.